The van der Waals surface area contributed by atoms with Gasteiger partial charge in [-0.15, -0.1) is 0 Å². The van der Waals surface area contributed by atoms with Gasteiger partial charge in [0.15, 0.2) is 0 Å². The third kappa shape index (κ3) is 3.21. The van der Waals surface area contributed by atoms with Crippen LogP contribution in [0.15, 0.2) is 0 Å². The van der Waals surface area contributed by atoms with Gasteiger partial charge >= 0.3 is 0 Å². The molecule has 0 radical (unpaired) electrons. The van der Waals surface area contributed by atoms with Crippen molar-refractivity contribution in [2.45, 2.75) is 46.0 Å². The molecule has 0 aromatic rings. The number of hydrogen-bond acceptors (Lipinski definition) is 2. The van der Waals surface area contributed by atoms with Gasteiger partial charge in [-0.2, -0.15) is 0 Å². The number of carbonyl (C=O) groups excluding carboxylic acids is 1. The molecule has 1 amide bonds. The summed E-state index contributed by atoms with van der Waals surface area (Å²) in [5.41, 5.74) is 5.64. The molecule has 3 nitrogen and oxygen atoms in total. The fourth-order valence-electron chi connectivity index (χ4n) is 2.66. The fourth-order valence-corrected chi connectivity index (χ4v) is 2.66. The van der Waals surface area contributed by atoms with E-state index in [0.29, 0.717) is 12.5 Å². The first-order valence-corrected chi connectivity index (χ1v) is 6.44. The van der Waals surface area contributed by atoms with E-state index in [-0.39, 0.29) is 11.3 Å². The van der Waals surface area contributed by atoms with Crippen molar-refractivity contribution in [3.05, 3.63) is 0 Å². The van der Waals surface area contributed by atoms with Gasteiger partial charge < -0.3 is 10.6 Å². The van der Waals surface area contributed by atoms with E-state index in [0.717, 1.165) is 19.4 Å². The molecule has 1 aliphatic carbocycles. The van der Waals surface area contributed by atoms with Gasteiger partial charge in [0.2, 0.25) is 5.91 Å². The zero-order chi connectivity index (χ0) is 12.2. The Bertz CT molecular complexity index is 238. The van der Waals surface area contributed by atoms with Crippen LogP contribution in [0.1, 0.15) is 46.0 Å². The van der Waals surface area contributed by atoms with Crippen LogP contribution < -0.4 is 5.73 Å². The lowest BCUT2D eigenvalue weighted by Crippen LogP contribution is -2.42. The Kier molecular flexibility index (Phi) is 4.78. The fraction of sp³-hybridized carbons (Fsp3) is 0.923. The monoisotopic (exact) mass is 226 g/mol. The van der Waals surface area contributed by atoms with Crippen LogP contribution in [0.3, 0.4) is 0 Å². The molecule has 2 N–H and O–H groups in total. The summed E-state index contributed by atoms with van der Waals surface area (Å²) in [7, 11) is 1.91. The van der Waals surface area contributed by atoms with Crippen LogP contribution >= 0.6 is 0 Å². The quantitative estimate of drug-likeness (QED) is 0.797. The van der Waals surface area contributed by atoms with Crippen LogP contribution in [0.5, 0.6) is 0 Å². The highest BCUT2D eigenvalue weighted by atomic mass is 16.2. The largest absolute Gasteiger partial charge is 0.345 e. The molecule has 1 saturated carbocycles. The SMILES string of the molecule is CN(CCCN)C(=O)C1CCCCC1(C)C. The molecule has 0 aliphatic heterocycles. The van der Waals surface area contributed by atoms with Crippen molar-refractivity contribution in [2.24, 2.45) is 17.1 Å². The molecule has 0 saturated heterocycles. The van der Waals surface area contributed by atoms with Gasteiger partial charge in [-0.3, -0.25) is 4.79 Å². The summed E-state index contributed by atoms with van der Waals surface area (Å²) in [6.07, 6.45) is 5.59. The maximum absolute atomic E-state index is 12.3. The van der Waals surface area contributed by atoms with Crippen LogP contribution in [0.4, 0.5) is 0 Å². The van der Waals surface area contributed by atoms with Crippen molar-refractivity contribution < 1.29 is 4.79 Å². The highest BCUT2D eigenvalue weighted by Gasteiger charge is 2.38. The van der Waals surface area contributed by atoms with Crippen molar-refractivity contribution in [3.63, 3.8) is 0 Å². The maximum Gasteiger partial charge on any atom is 0.225 e. The van der Waals surface area contributed by atoms with E-state index in [9.17, 15) is 4.79 Å². The summed E-state index contributed by atoms with van der Waals surface area (Å²) in [6.45, 7) is 5.91. The minimum Gasteiger partial charge on any atom is -0.345 e. The Balaban J connectivity index is 2.57. The Morgan fingerprint density at radius 1 is 1.44 bits per heavy atom. The van der Waals surface area contributed by atoms with Crippen molar-refractivity contribution >= 4 is 5.91 Å². The molecule has 0 aromatic heterocycles. The van der Waals surface area contributed by atoms with E-state index < -0.39 is 0 Å². The maximum atomic E-state index is 12.3. The van der Waals surface area contributed by atoms with Crippen molar-refractivity contribution in [1.82, 2.24) is 4.90 Å². The topological polar surface area (TPSA) is 46.3 Å². The summed E-state index contributed by atoms with van der Waals surface area (Å²) in [5.74, 6) is 0.530. The zero-order valence-corrected chi connectivity index (χ0v) is 11.0. The van der Waals surface area contributed by atoms with Gasteiger partial charge in [-0.25, -0.2) is 0 Å². The molecule has 0 aromatic carbocycles. The molecule has 1 atom stereocenters. The molecule has 0 spiro atoms. The second-order valence-corrected chi connectivity index (χ2v) is 5.69. The standard InChI is InChI=1S/C13H26N2O/c1-13(2)8-5-4-7-11(13)12(16)15(3)10-6-9-14/h11H,4-10,14H2,1-3H3. The average molecular weight is 226 g/mol. The van der Waals surface area contributed by atoms with Crippen LogP contribution in [-0.4, -0.2) is 30.9 Å². The van der Waals surface area contributed by atoms with Gasteiger partial charge in [-0.05, 0) is 31.2 Å². The van der Waals surface area contributed by atoms with Crippen LogP contribution in [0, 0.1) is 11.3 Å². The van der Waals surface area contributed by atoms with Gasteiger partial charge in [0.1, 0.15) is 0 Å². The van der Waals surface area contributed by atoms with Crippen LogP contribution in [0.25, 0.3) is 0 Å². The highest BCUT2D eigenvalue weighted by molar-refractivity contribution is 5.79. The first kappa shape index (κ1) is 13.5. The first-order chi connectivity index (χ1) is 7.49. The smallest absolute Gasteiger partial charge is 0.225 e. The summed E-state index contributed by atoms with van der Waals surface area (Å²) >= 11 is 0. The molecule has 1 unspecified atom stereocenters. The third-order valence-corrected chi connectivity index (χ3v) is 3.88. The summed E-state index contributed by atoms with van der Waals surface area (Å²) in [4.78, 5) is 14.2. The number of hydrogen-bond donors (Lipinski definition) is 1. The van der Waals surface area contributed by atoms with E-state index in [1.54, 1.807) is 0 Å². The summed E-state index contributed by atoms with van der Waals surface area (Å²) < 4.78 is 0. The normalized spacial score (nSPS) is 24.1. The van der Waals surface area contributed by atoms with E-state index >= 15 is 0 Å². The van der Waals surface area contributed by atoms with E-state index in [4.69, 9.17) is 5.73 Å². The van der Waals surface area contributed by atoms with E-state index in [1.807, 2.05) is 11.9 Å². The molecular formula is C13H26N2O. The average Bonchev–Trinajstić information content (AvgIpc) is 2.24. The molecule has 94 valence electrons. The molecule has 1 rings (SSSR count). The number of nitrogens with zero attached hydrogens (tertiary/aromatic N) is 1. The van der Waals surface area contributed by atoms with Gasteiger partial charge in [-0.1, -0.05) is 26.7 Å². The predicted molar refractivity (Wildman–Crippen MR) is 67.0 cm³/mol. The molecule has 0 heterocycles. The number of nitrogens with two attached hydrogens (primary N) is 1. The Morgan fingerprint density at radius 3 is 2.69 bits per heavy atom. The second kappa shape index (κ2) is 5.67. The van der Waals surface area contributed by atoms with E-state index in [2.05, 4.69) is 13.8 Å². The summed E-state index contributed by atoms with van der Waals surface area (Å²) in [5, 5.41) is 0. The van der Waals surface area contributed by atoms with Gasteiger partial charge in [0, 0.05) is 19.5 Å². The molecule has 0 bridgehead atoms. The van der Waals surface area contributed by atoms with Crippen molar-refractivity contribution in [3.8, 4) is 0 Å². The lowest BCUT2D eigenvalue weighted by Gasteiger charge is -2.39. The predicted octanol–water partition coefficient (Wildman–Crippen LogP) is 2.01. The van der Waals surface area contributed by atoms with Gasteiger partial charge in [0.25, 0.3) is 0 Å². The van der Waals surface area contributed by atoms with Crippen LogP contribution in [-0.2, 0) is 4.79 Å². The van der Waals surface area contributed by atoms with Crippen LogP contribution in [0.2, 0.25) is 0 Å². The molecule has 3 heteroatoms. The second-order valence-electron chi connectivity index (χ2n) is 5.69. The lowest BCUT2D eigenvalue weighted by molar-refractivity contribution is -0.139. The van der Waals surface area contributed by atoms with Crippen molar-refractivity contribution in [1.29, 1.82) is 0 Å². The van der Waals surface area contributed by atoms with Crippen molar-refractivity contribution in [2.75, 3.05) is 20.1 Å². The lowest BCUT2D eigenvalue weighted by atomic mass is 9.68. The minimum absolute atomic E-state index is 0.173. The highest BCUT2D eigenvalue weighted by Crippen LogP contribution is 2.41. The molecule has 1 aliphatic rings. The first-order valence-electron chi connectivity index (χ1n) is 6.44. The number of amides is 1. The number of rotatable bonds is 4. The Labute approximate surface area is 99.4 Å². The zero-order valence-electron chi connectivity index (χ0n) is 11.0. The third-order valence-electron chi connectivity index (χ3n) is 3.88. The Hall–Kier alpha value is -0.570. The minimum atomic E-state index is 0.173. The molecular weight excluding hydrogens is 200 g/mol. The molecule has 16 heavy (non-hydrogen) atoms. The summed E-state index contributed by atoms with van der Waals surface area (Å²) in [6, 6.07) is 0. The Morgan fingerprint density at radius 2 is 2.12 bits per heavy atom. The van der Waals surface area contributed by atoms with Gasteiger partial charge in [0.05, 0.1) is 0 Å². The van der Waals surface area contributed by atoms with E-state index in [1.165, 1.54) is 19.3 Å². The molecule has 1 fully saturated rings. The number of carbonyl (C=O) groups is 1.